The Morgan fingerprint density at radius 1 is 1.19 bits per heavy atom. The van der Waals surface area contributed by atoms with E-state index < -0.39 is 0 Å². The van der Waals surface area contributed by atoms with Crippen molar-refractivity contribution >= 4 is 44.3 Å². The Hall–Kier alpha value is -1.52. The molecule has 21 heavy (non-hydrogen) atoms. The van der Waals surface area contributed by atoms with Crippen LogP contribution in [0.2, 0.25) is 5.02 Å². The van der Waals surface area contributed by atoms with Crippen LogP contribution >= 0.6 is 27.5 Å². The molecule has 2 aromatic carbocycles. The number of nitrogen functional groups attached to an aromatic ring is 1. The Kier molecular flexibility index (Phi) is 3.68. The minimum atomic E-state index is 0.267. The van der Waals surface area contributed by atoms with E-state index in [1.54, 1.807) is 6.07 Å². The molecule has 0 atom stereocenters. The van der Waals surface area contributed by atoms with Gasteiger partial charge in [-0.2, -0.15) is 0 Å². The molecule has 0 unspecified atom stereocenters. The van der Waals surface area contributed by atoms with Gasteiger partial charge in [0.1, 0.15) is 5.82 Å². The Balaban J connectivity index is 2.36. The maximum Gasteiger partial charge on any atom is 0.142 e. The van der Waals surface area contributed by atoms with Crippen LogP contribution in [0.25, 0.3) is 22.4 Å². The van der Waals surface area contributed by atoms with Gasteiger partial charge >= 0.3 is 0 Å². The van der Waals surface area contributed by atoms with Crippen LogP contribution in [0.15, 0.2) is 40.9 Å². The fraction of sp³-hybridized carbons (Fsp3) is 0.188. The summed E-state index contributed by atoms with van der Waals surface area (Å²) in [7, 11) is 0. The molecule has 0 bridgehead atoms. The number of rotatable bonds is 2. The molecular weight excluding hydrogens is 350 g/mol. The standard InChI is InChI=1S/C16H15BrClN3/c1-9(2)21-15-6-3-10(17)7-14(15)20-16(21)12-8-11(19)4-5-13(12)18/h3-9H,19H2,1-2H3. The summed E-state index contributed by atoms with van der Waals surface area (Å²) < 4.78 is 3.19. The lowest BCUT2D eigenvalue weighted by Gasteiger charge is -2.14. The van der Waals surface area contributed by atoms with Gasteiger partial charge in [-0.1, -0.05) is 27.5 Å². The first-order valence-corrected chi connectivity index (χ1v) is 7.87. The first-order chi connectivity index (χ1) is 9.97. The minimum Gasteiger partial charge on any atom is -0.399 e. The van der Waals surface area contributed by atoms with Gasteiger partial charge in [-0.05, 0) is 50.2 Å². The predicted octanol–water partition coefficient (Wildman–Crippen LogP) is 5.28. The first-order valence-electron chi connectivity index (χ1n) is 6.70. The van der Waals surface area contributed by atoms with Gasteiger partial charge < -0.3 is 10.3 Å². The molecule has 0 saturated carbocycles. The van der Waals surface area contributed by atoms with Gasteiger partial charge in [0.2, 0.25) is 0 Å². The van der Waals surface area contributed by atoms with Gasteiger partial charge in [0, 0.05) is 21.8 Å². The topological polar surface area (TPSA) is 43.8 Å². The minimum absolute atomic E-state index is 0.267. The zero-order valence-corrected chi connectivity index (χ0v) is 14.1. The average molecular weight is 365 g/mol. The number of hydrogen-bond acceptors (Lipinski definition) is 2. The number of aromatic nitrogens is 2. The molecule has 0 aliphatic heterocycles. The Morgan fingerprint density at radius 3 is 2.67 bits per heavy atom. The van der Waals surface area contributed by atoms with Crippen molar-refractivity contribution in [2.45, 2.75) is 19.9 Å². The maximum absolute atomic E-state index is 6.35. The van der Waals surface area contributed by atoms with E-state index in [4.69, 9.17) is 22.3 Å². The summed E-state index contributed by atoms with van der Waals surface area (Å²) in [5.74, 6) is 0.843. The third-order valence-corrected chi connectivity index (χ3v) is 4.22. The molecule has 1 aromatic heterocycles. The molecule has 0 aliphatic carbocycles. The molecular formula is C16H15BrClN3. The van der Waals surface area contributed by atoms with E-state index in [0.717, 1.165) is 26.9 Å². The van der Waals surface area contributed by atoms with Gasteiger partial charge in [0.15, 0.2) is 0 Å². The van der Waals surface area contributed by atoms with Gasteiger partial charge in [-0.3, -0.25) is 0 Å². The molecule has 108 valence electrons. The van der Waals surface area contributed by atoms with Crippen LogP contribution in [0.5, 0.6) is 0 Å². The van der Waals surface area contributed by atoms with Crippen molar-refractivity contribution < 1.29 is 0 Å². The van der Waals surface area contributed by atoms with Gasteiger partial charge in [-0.15, -0.1) is 0 Å². The van der Waals surface area contributed by atoms with Gasteiger partial charge in [-0.25, -0.2) is 4.98 Å². The largest absolute Gasteiger partial charge is 0.399 e. The number of halogens is 2. The second-order valence-electron chi connectivity index (χ2n) is 5.27. The molecule has 0 saturated heterocycles. The zero-order valence-electron chi connectivity index (χ0n) is 11.8. The van der Waals surface area contributed by atoms with Gasteiger partial charge in [0.25, 0.3) is 0 Å². The number of anilines is 1. The molecule has 3 rings (SSSR count). The third kappa shape index (κ3) is 2.54. The molecule has 0 aliphatic rings. The van der Waals surface area contributed by atoms with Crippen LogP contribution in [0.1, 0.15) is 19.9 Å². The van der Waals surface area contributed by atoms with E-state index in [0.29, 0.717) is 10.7 Å². The predicted molar refractivity (Wildman–Crippen MR) is 92.7 cm³/mol. The van der Waals surface area contributed by atoms with Crippen molar-refractivity contribution in [2.75, 3.05) is 5.73 Å². The second-order valence-corrected chi connectivity index (χ2v) is 6.59. The first kappa shape index (κ1) is 14.4. The summed E-state index contributed by atoms with van der Waals surface area (Å²) in [4.78, 5) is 4.76. The number of imidazole rings is 1. The lowest BCUT2D eigenvalue weighted by Crippen LogP contribution is -2.03. The third-order valence-electron chi connectivity index (χ3n) is 3.40. The Bertz CT molecular complexity index is 824. The fourth-order valence-electron chi connectivity index (χ4n) is 2.50. The summed E-state index contributed by atoms with van der Waals surface area (Å²) in [5, 5.41) is 0.653. The SMILES string of the molecule is CC(C)n1c(-c2cc(N)ccc2Cl)nc2cc(Br)ccc21. The average Bonchev–Trinajstić information content (AvgIpc) is 2.79. The van der Waals surface area contributed by atoms with Crippen LogP contribution in [-0.2, 0) is 0 Å². The maximum atomic E-state index is 6.35. The van der Waals surface area contributed by atoms with Crippen molar-refractivity contribution in [1.82, 2.24) is 9.55 Å². The second kappa shape index (κ2) is 5.35. The quantitative estimate of drug-likeness (QED) is 0.628. The van der Waals surface area contributed by atoms with E-state index in [1.807, 2.05) is 24.3 Å². The summed E-state index contributed by atoms with van der Waals surface area (Å²) in [6.07, 6.45) is 0. The molecule has 0 fully saturated rings. The Labute approximate surface area is 136 Å². The number of fused-ring (bicyclic) bond motifs is 1. The fourth-order valence-corrected chi connectivity index (χ4v) is 3.05. The van der Waals surface area contributed by atoms with E-state index in [-0.39, 0.29) is 6.04 Å². The van der Waals surface area contributed by atoms with E-state index in [2.05, 4.69) is 40.4 Å². The lowest BCUT2D eigenvalue weighted by molar-refractivity contribution is 0.624. The van der Waals surface area contributed by atoms with Crippen LogP contribution in [0.4, 0.5) is 5.69 Å². The van der Waals surface area contributed by atoms with Crippen molar-refractivity contribution in [3.8, 4) is 11.4 Å². The van der Waals surface area contributed by atoms with Crippen LogP contribution < -0.4 is 5.73 Å². The number of hydrogen-bond donors (Lipinski definition) is 1. The van der Waals surface area contributed by atoms with E-state index >= 15 is 0 Å². The summed E-state index contributed by atoms with van der Waals surface area (Å²) in [6.45, 7) is 4.26. The molecule has 0 radical (unpaired) electrons. The molecule has 0 amide bonds. The van der Waals surface area contributed by atoms with E-state index in [1.165, 1.54) is 0 Å². The summed E-state index contributed by atoms with van der Waals surface area (Å²) in [5.41, 5.74) is 9.47. The highest BCUT2D eigenvalue weighted by Crippen LogP contribution is 2.34. The van der Waals surface area contributed by atoms with Crippen LogP contribution in [0, 0.1) is 0 Å². The normalized spacial score (nSPS) is 11.5. The van der Waals surface area contributed by atoms with Crippen molar-refractivity contribution in [2.24, 2.45) is 0 Å². The van der Waals surface area contributed by atoms with Crippen molar-refractivity contribution in [3.63, 3.8) is 0 Å². The molecule has 2 N–H and O–H groups in total. The van der Waals surface area contributed by atoms with Crippen LogP contribution in [-0.4, -0.2) is 9.55 Å². The van der Waals surface area contributed by atoms with E-state index in [9.17, 15) is 0 Å². The highest BCUT2D eigenvalue weighted by atomic mass is 79.9. The highest BCUT2D eigenvalue weighted by molar-refractivity contribution is 9.10. The molecule has 5 heteroatoms. The van der Waals surface area contributed by atoms with Crippen molar-refractivity contribution in [3.05, 3.63) is 45.9 Å². The van der Waals surface area contributed by atoms with Crippen LogP contribution in [0.3, 0.4) is 0 Å². The number of nitrogens with zero attached hydrogens (tertiary/aromatic N) is 2. The molecule has 1 heterocycles. The smallest absolute Gasteiger partial charge is 0.142 e. The summed E-state index contributed by atoms with van der Waals surface area (Å²) >= 11 is 9.84. The lowest BCUT2D eigenvalue weighted by atomic mass is 10.2. The molecule has 0 spiro atoms. The summed E-state index contributed by atoms with van der Waals surface area (Å²) in [6, 6.07) is 11.8. The Morgan fingerprint density at radius 2 is 1.95 bits per heavy atom. The zero-order chi connectivity index (χ0) is 15.1. The number of benzene rings is 2. The molecule has 3 aromatic rings. The highest BCUT2D eigenvalue weighted by Gasteiger charge is 2.17. The monoisotopic (exact) mass is 363 g/mol. The van der Waals surface area contributed by atoms with Crippen molar-refractivity contribution in [1.29, 1.82) is 0 Å². The van der Waals surface area contributed by atoms with Gasteiger partial charge in [0.05, 0.1) is 16.1 Å². The number of nitrogens with two attached hydrogens (primary N) is 1. The molecule has 3 nitrogen and oxygen atoms in total.